The van der Waals surface area contributed by atoms with E-state index in [1.807, 2.05) is 51.1 Å². The standard InChI is InChI=1S/C27H29N3O4/c1-26(2,3)34-25(31)30-15-13-27(32,14-16-30)22-17-29-23-20(7-6-8-21(23)24(22)33-5)18-9-11-19(28-4)12-10-18/h6-12,17,32H,13-16H2,1-3,5H3. The zero-order chi connectivity index (χ0) is 24.5. The van der Waals surface area contributed by atoms with Gasteiger partial charge in [-0.05, 0) is 45.2 Å². The van der Waals surface area contributed by atoms with Gasteiger partial charge in [0.05, 0.1) is 24.8 Å². The monoisotopic (exact) mass is 459 g/mol. The minimum Gasteiger partial charge on any atom is -0.496 e. The smallest absolute Gasteiger partial charge is 0.410 e. The molecule has 7 heteroatoms. The lowest BCUT2D eigenvalue weighted by atomic mass is 9.84. The number of nitrogens with zero attached hydrogens (tertiary/aromatic N) is 3. The van der Waals surface area contributed by atoms with Crippen molar-refractivity contribution in [3.63, 3.8) is 0 Å². The van der Waals surface area contributed by atoms with Crippen molar-refractivity contribution >= 4 is 22.7 Å². The lowest BCUT2D eigenvalue weighted by molar-refractivity contribution is -0.0367. The Kier molecular flexibility index (Phi) is 6.20. The third-order valence-corrected chi connectivity index (χ3v) is 6.10. The van der Waals surface area contributed by atoms with Gasteiger partial charge in [-0.1, -0.05) is 36.4 Å². The van der Waals surface area contributed by atoms with Crippen molar-refractivity contribution in [2.45, 2.75) is 44.8 Å². The van der Waals surface area contributed by atoms with Gasteiger partial charge in [0.15, 0.2) is 5.69 Å². The van der Waals surface area contributed by atoms with Gasteiger partial charge >= 0.3 is 6.09 Å². The number of hydrogen-bond donors (Lipinski definition) is 1. The van der Waals surface area contributed by atoms with Crippen LogP contribution in [0, 0.1) is 6.57 Å². The molecule has 0 unspecified atom stereocenters. The minimum absolute atomic E-state index is 0.355. The van der Waals surface area contributed by atoms with E-state index in [0.717, 1.165) is 22.0 Å². The number of benzene rings is 2. The average Bonchev–Trinajstić information content (AvgIpc) is 2.82. The molecule has 0 aliphatic carbocycles. The number of aromatic nitrogens is 1. The molecule has 0 bridgehead atoms. The predicted molar refractivity (Wildman–Crippen MR) is 131 cm³/mol. The maximum absolute atomic E-state index is 12.4. The van der Waals surface area contributed by atoms with Gasteiger partial charge in [0.1, 0.15) is 11.4 Å². The summed E-state index contributed by atoms with van der Waals surface area (Å²) < 4.78 is 11.3. The Morgan fingerprint density at radius 1 is 1.15 bits per heavy atom. The van der Waals surface area contributed by atoms with Crippen LogP contribution in [0.2, 0.25) is 0 Å². The average molecular weight is 460 g/mol. The highest BCUT2D eigenvalue weighted by atomic mass is 16.6. The molecule has 1 aliphatic heterocycles. The fourth-order valence-electron chi connectivity index (χ4n) is 4.35. The van der Waals surface area contributed by atoms with Crippen molar-refractivity contribution in [2.24, 2.45) is 0 Å². The number of aliphatic hydroxyl groups is 1. The van der Waals surface area contributed by atoms with Gasteiger partial charge < -0.3 is 19.5 Å². The van der Waals surface area contributed by atoms with E-state index in [1.165, 1.54) is 0 Å². The molecule has 176 valence electrons. The molecule has 1 aromatic heterocycles. The first-order valence-electron chi connectivity index (χ1n) is 11.3. The van der Waals surface area contributed by atoms with Gasteiger partial charge in [0.2, 0.25) is 0 Å². The van der Waals surface area contributed by atoms with Crippen LogP contribution in [0.25, 0.3) is 26.9 Å². The van der Waals surface area contributed by atoms with Crippen LogP contribution in [0.1, 0.15) is 39.2 Å². The van der Waals surface area contributed by atoms with E-state index < -0.39 is 11.2 Å². The number of rotatable bonds is 3. The van der Waals surface area contributed by atoms with Crippen molar-refractivity contribution in [3.05, 3.63) is 65.6 Å². The first kappa shape index (κ1) is 23.5. The molecule has 0 saturated carbocycles. The molecule has 2 aromatic carbocycles. The van der Waals surface area contributed by atoms with Crippen LogP contribution in [0.5, 0.6) is 5.75 Å². The molecule has 0 atom stereocenters. The summed E-state index contributed by atoms with van der Waals surface area (Å²) in [5.74, 6) is 0.581. The third kappa shape index (κ3) is 4.55. The summed E-state index contributed by atoms with van der Waals surface area (Å²) >= 11 is 0. The Morgan fingerprint density at radius 3 is 2.41 bits per heavy atom. The lowest BCUT2D eigenvalue weighted by Gasteiger charge is -2.39. The Hall–Kier alpha value is -3.63. The fourth-order valence-corrected chi connectivity index (χ4v) is 4.35. The third-order valence-electron chi connectivity index (χ3n) is 6.10. The summed E-state index contributed by atoms with van der Waals surface area (Å²) in [6.07, 6.45) is 2.02. The Bertz CT molecular complexity index is 1250. The summed E-state index contributed by atoms with van der Waals surface area (Å²) in [7, 11) is 1.59. The van der Waals surface area contributed by atoms with Gasteiger partial charge in [-0.3, -0.25) is 4.98 Å². The molecule has 4 rings (SSSR count). The molecule has 1 amide bonds. The second-order valence-electron chi connectivity index (χ2n) is 9.56. The number of para-hydroxylation sites is 1. The van der Waals surface area contributed by atoms with Gasteiger partial charge in [0, 0.05) is 35.8 Å². The quantitative estimate of drug-likeness (QED) is 0.510. The van der Waals surface area contributed by atoms with Crippen LogP contribution in [0.4, 0.5) is 10.5 Å². The highest BCUT2D eigenvalue weighted by Gasteiger charge is 2.39. The largest absolute Gasteiger partial charge is 0.496 e. The van der Waals surface area contributed by atoms with E-state index in [1.54, 1.807) is 30.3 Å². The van der Waals surface area contributed by atoms with E-state index >= 15 is 0 Å². The van der Waals surface area contributed by atoms with Gasteiger partial charge in [0.25, 0.3) is 0 Å². The summed E-state index contributed by atoms with van der Waals surface area (Å²) in [5, 5.41) is 12.4. The molecular formula is C27H29N3O4. The van der Waals surface area contributed by atoms with Crippen molar-refractivity contribution in [1.82, 2.24) is 9.88 Å². The summed E-state index contributed by atoms with van der Waals surface area (Å²) in [6.45, 7) is 13.4. The number of pyridine rings is 1. The summed E-state index contributed by atoms with van der Waals surface area (Å²) in [5.41, 5.74) is 2.09. The number of ether oxygens (including phenoxy) is 2. The van der Waals surface area contributed by atoms with E-state index in [-0.39, 0.29) is 6.09 Å². The van der Waals surface area contributed by atoms with Gasteiger partial charge in [-0.15, -0.1) is 0 Å². The molecule has 1 aliphatic rings. The number of methoxy groups -OCH3 is 1. The SMILES string of the molecule is [C-]#[N+]c1ccc(-c2cccc3c(OC)c(C4(O)CCN(C(=O)OC(C)(C)C)CC4)cnc23)cc1. The molecule has 0 radical (unpaired) electrons. The first-order valence-corrected chi connectivity index (χ1v) is 11.3. The van der Waals surface area contributed by atoms with Gasteiger partial charge in [-0.25, -0.2) is 9.64 Å². The van der Waals surface area contributed by atoms with Crippen LogP contribution in [-0.4, -0.2) is 46.9 Å². The molecule has 2 heterocycles. The molecule has 3 aromatic rings. The van der Waals surface area contributed by atoms with Gasteiger partial charge in [-0.2, -0.15) is 0 Å². The minimum atomic E-state index is -1.17. The first-order chi connectivity index (χ1) is 16.1. The number of piperidine rings is 1. The molecule has 34 heavy (non-hydrogen) atoms. The lowest BCUT2D eigenvalue weighted by Crippen LogP contribution is -2.47. The van der Waals surface area contributed by atoms with Crippen LogP contribution in [0.3, 0.4) is 0 Å². The zero-order valence-electron chi connectivity index (χ0n) is 20.0. The molecule has 1 fully saturated rings. The molecule has 7 nitrogen and oxygen atoms in total. The van der Waals surface area contributed by atoms with Crippen molar-refractivity contribution in [2.75, 3.05) is 20.2 Å². The number of amides is 1. The molecular weight excluding hydrogens is 430 g/mol. The van der Waals surface area contributed by atoms with Crippen LogP contribution in [-0.2, 0) is 10.3 Å². The number of hydrogen-bond acceptors (Lipinski definition) is 5. The van der Waals surface area contributed by atoms with Crippen LogP contribution in [0.15, 0.2) is 48.7 Å². The van der Waals surface area contributed by atoms with E-state index in [9.17, 15) is 9.90 Å². The highest BCUT2D eigenvalue weighted by Crippen LogP contribution is 2.42. The van der Waals surface area contributed by atoms with E-state index in [4.69, 9.17) is 21.0 Å². The Morgan fingerprint density at radius 2 is 1.82 bits per heavy atom. The summed E-state index contributed by atoms with van der Waals surface area (Å²) in [6, 6.07) is 13.2. The maximum atomic E-state index is 12.4. The number of carbonyl (C=O) groups is 1. The van der Waals surface area contributed by atoms with Crippen LogP contribution >= 0.6 is 0 Å². The molecule has 0 spiro atoms. The number of likely N-dealkylation sites (tertiary alicyclic amines) is 1. The fraction of sp³-hybridized carbons (Fsp3) is 0.370. The Labute approximate surface area is 199 Å². The normalized spacial score (nSPS) is 15.6. The zero-order valence-corrected chi connectivity index (χ0v) is 20.0. The predicted octanol–water partition coefficient (Wildman–Crippen LogP) is 5.68. The topological polar surface area (TPSA) is 76.2 Å². The summed E-state index contributed by atoms with van der Waals surface area (Å²) in [4.78, 5) is 22.3. The van der Waals surface area contributed by atoms with Crippen LogP contribution < -0.4 is 4.74 Å². The van der Waals surface area contributed by atoms with Crippen molar-refractivity contribution in [3.8, 4) is 16.9 Å². The highest BCUT2D eigenvalue weighted by molar-refractivity contribution is 5.97. The second-order valence-corrected chi connectivity index (χ2v) is 9.56. The maximum Gasteiger partial charge on any atom is 0.410 e. The van der Waals surface area contributed by atoms with E-state index in [2.05, 4.69) is 4.85 Å². The van der Waals surface area contributed by atoms with Crippen molar-refractivity contribution < 1.29 is 19.4 Å². The second kappa shape index (κ2) is 8.96. The molecule has 1 saturated heterocycles. The number of carbonyl (C=O) groups excluding carboxylic acids is 1. The van der Waals surface area contributed by atoms with E-state index in [0.29, 0.717) is 42.9 Å². The number of fused-ring (bicyclic) bond motifs is 1. The Balaban J connectivity index is 1.66. The van der Waals surface area contributed by atoms with Crippen molar-refractivity contribution in [1.29, 1.82) is 0 Å². The molecule has 1 N–H and O–H groups in total.